The van der Waals surface area contributed by atoms with Gasteiger partial charge in [-0.2, -0.15) is 0 Å². The third-order valence-electron chi connectivity index (χ3n) is 3.13. The van der Waals surface area contributed by atoms with Gasteiger partial charge in [0.05, 0.1) is 18.9 Å². The lowest BCUT2D eigenvalue weighted by molar-refractivity contribution is -0.121. The van der Waals surface area contributed by atoms with Crippen LogP contribution in [0.15, 0.2) is 24.3 Å². The van der Waals surface area contributed by atoms with E-state index in [-0.39, 0.29) is 30.8 Å². The van der Waals surface area contributed by atoms with Gasteiger partial charge in [0.25, 0.3) is 0 Å². The SMILES string of the molecule is CC(C)C(CN)C(=O)Nc1ccc(OCCC(N)=O)cc1. The Hall–Kier alpha value is -2.08. The molecular weight excluding hydrogens is 270 g/mol. The minimum atomic E-state index is -0.402. The average molecular weight is 293 g/mol. The number of nitrogens with one attached hydrogen (secondary N) is 1. The predicted octanol–water partition coefficient (Wildman–Crippen LogP) is 1.11. The first-order chi connectivity index (χ1) is 9.93. The van der Waals surface area contributed by atoms with E-state index in [0.717, 1.165) is 0 Å². The molecule has 1 atom stereocenters. The highest BCUT2D eigenvalue weighted by molar-refractivity contribution is 5.92. The number of carbonyl (C=O) groups is 2. The molecule has 5 N–H and O–H groups in total. The monoisotopic (exact) mass is 293 g/mol. The van der Waals surface area contributed by atoms with E-state index in [4.69, 9.17) is 16.2 Å². The van der Waals surface area contributed by atoms with E-state index in [1.165, 1.54) is 0 Å². The van der Waals surface area contributed by atoms with Gasteiger partial charge >= 0.3 is 0 Å². The van der Waals surface area contributed by atoms with Crippen LogP contribution >= 0.6 is 0 Å². The smallest absolute Gasteiger partial charge is 0.229 e. The second-order valence-corrected chi connectivity index (χ2v) is 5.16. The van der Waals surface area contributed by atoms with Crippen molar-refractivity contribution in [1.29, 1.82) is 0 Å². The number of amides is 2. The Morgan fingerprint density at radius 3 is 2.33 bits per heavy atom. The molecule has 0 heterocycles. The molecule has 0 spiro atoms. The van der Waals surface area contributed by atoms with Gasteiger partial charge in [0.2, 0.25) is 11.8 Å². The zero-order valence-electron chi connectivity index (χ0n) is 12.5. The Morgan fingerprint density at radius 2 is 1.86 bits per heavy atom. The zero-order chi connectivity index (χ0) is 15.8. The third kappa shape index (κ3) is 5.83. The van der Waals surface area contributed by atoms with Gasteiger partial charge < -0.3 is 21.5 Å². The molecule has 6 nitrogen and oxygen atoms in total. The molecule has 21 heavy (non-hydrogen) atoms. The highest BCUT2D eigenvalue weighted by Crippen LogP contribution is 2.18. The molecule has 0 bridgehead atoms. The molecule has 0 aliphatic carbocycles. The molecule has 0 aliphatic heterocycles. The number of nitrogens with two attached hydrogens (primary N) is 2. The Balaban J connectivity index is 2.54. The number of carbonyl (C=O) groups excluding carboxylic acids is 2. The largest absolute Gasteiger partial charge is 0.493 e. The van der Waals surface area contributed by atoms with Gasteiger partial charge in [-0.1, -0.05) is 13.8 Å². The molecular formula is C15H23N3O3. The number of rotatable bonds is 8. The Labute approximate surface area is 124 Å². The lowest BCUT2D eigenvalue weighted by Gasteiger charge is -2.18. The quantitative estimate of drug-likeness (QED) is 0.667. The summed E-state index contributed by atoms with van der Waals surface area (Å²) in [6.07, 6.45) is 0.172. The normalized spacial score (nSPS) is 12.0. The summed E-state index contributed by atoms with van der Waals surface area (Å²) in [5.41, 5.74) is 11.3. The van der Waals surface area contributed by atoms with Crippen LogP contribution in [0.2, 0.25) is 0 Å². The summed E-state index contributed by atoms with van der Waals surface area (Å²) in [6.45, 7) is 4.49. The highest BCUT2D eigenvalue weighted by atomic mass is 16.5. The van der Waals surface area contributed by atoms with Crippen LogP contribution in [0.4, 0.5) is 5.69 Å². The van der Waals surface area contributed by atoms with Gasteiger partial charge in [-0.05, 0) is 30.2 Å². The number of primary amides is 1. The summed E-state index contributed by atoms with van der Waals surface area (Å²) >= 11 is 0. The second-order valence-electron chi connectivity index (χ2n) is 5.16. The van der Waals surface area contributed by atoms with Gasteiger partial charge in [-0.25, -0.2) is 0 Å². The van der Waals surface area contributed by atoms with Crippen LogP contribution in [0.1, 0.15) is 20.3 Å². The van der Waals surface area contributed by atoms with Crippen LogP contribution in [0.25, 0.3) is 0 Å². The van der Waals surface area contributed by atoms with Crippen LogP contribution < -0.4 is 21.5 Å². The highest BCUT2D eigenvalue weighted by Gasteiger charge is 2.20. The van der Waals surface area contributed by atoms with Gasteiger partial charge in [-0.3, -0.25) is 9.59 Å². The second kappa shape index (κ2) is 8.26. The predicted molar refractivity (Wildman–Crippen MR) is 81.8 cm³/mol. The van der Waals surface area contributed by atoms with E-state index in [9.17, 15) is 9.59 Å². The molecule has 2 amide bonds. The molecule has 1 aromatic rings. The van der Waals surface area contributed by atoms with Crippen LogP contribution in [-0.2, 0) is 9.59 Å². The molecule has 0 radical (unpaired) electrons. The van der Waals surface area contributed by atoms with Gasteiger partial charge in [-0.15, -0.1) is 0 Å². The molecule has 0 saturated heterocycles. The first kappa shape index (κ1) is 17.0. The van der Waals surface area contributed by atoms with E-state index in [2.05, 4.69) is 5.32 Å². The molecule has 1 rings (SSSR count). The topological polar surface area (TPSA) is 107 Å². The molecule has 0 saturated carbocycles. The lowest BCUT2D eigenvalue weighted by atomic mass is 9.95. The molecule has 116 valence electrons. The van der Waals surface area contributed by atoms with Crippen molar-refractivity contribution in [2.75, 3.05) is 18.5 Å². The van der Waals surface area contributed by atoms with E-state index >= 15 is 0 Å². The minimum absolute atomic E-state index is 0.0881. The summed E-state index contributed by atoms with van der Waals surface area (Å²) in [4.78, 5) is 22.6. The fraction of sp³-hybridized carbons (Fsp3) is 0.467. The van der Waals surface area contributed by atoms with E-state index in [1.807, 2.05) is 13.8 Å². The third-order valence-corrected chi connectivity index (χ3v) is 3.13. The summed E-state index contributed by atoms with van der Waals surface area (Å²) in [5, 5.41) is 2.83. The lowest BCUT2D eigenvalue weighted by Crippen LogP contribution is -2.33. The Morgan fingerprint density at radius 1 is 1.24 bits per heavy atom. The van der Waals surface area contributed by atoms with Crippen molar-refractivity contribution in [2.24, 2.45) is 23.3 Å². The molecule has 0 fully saturated rings. The fourth-order valence-corrected chi connectivity index (χ4v) is 1.82. The van der Waals surface area contributed by atoms with Crippen molar-refractivity contribution in [2.45, 2.75) is 20.3 Å². The first-order valence-electron chi connectivity index (χ1n) is 6.96. The van der Waals surface area contributed by atoms with E-state index < -0.39 is 5.91 Å². The molecule has 0 aliphatic rings. The van der Waals surface area contributed by atoms with Crippen molar-refractivity contribution >= 4 is 17.5 Å². The average Bonchev–Trinajstić information content (AvgIpc) is 2.40. The van der Waals surface area contributed by atoms with E-state index in [1.54, 1.807) is 24.3 Å². The summed E-state index contributed by atoms with van der Waals surface area (Å²) in [6, 6.07) is 6.93. The van der Waals surface area contributed by atoms with Gasteiger partial charge in [0.15, 0.2) is 0 Å². The van der Waals surface area contributed by atoms with Gasteiger partial charge in [0, 0.05) is 12.2 Å². The standard InChI is InChI=1S/C15H23N3O3/c1-10(2)13(9-16)15(20)18-11-3-5-12(6-4-11)21-8-7-14(17)19/h3-6,10,13H,7-9,16H2,1-2H3,(H2,17,19)(H,18,20). The summed E-state index contributed by atoms with van der Waals surface area (Å²) < 4.78 is 5.35. The Bertz CT molecular complexity index is 472. The van der Waals surface area contributed by atoms with Gasteiger partial charge in [0.1, 0.15) is 5.75 Å². The van der Waals surface area contributed by atoms with Crippen molar-refractivity contribution in [3.63, 3.8) is 0 Å². The van der Waals surface area contributed by atoms with Crippen molar-refractivity contribution in [3.05, 3.63) is 24.3 Å². The van der Waals surface area contributed by atoms with Crippen molar-refractivity contribution in [1.82, 2.24) is 0 Å². The zero-order valence-corrected chi connectivity index (χ0v) is 12.5. The number of hydrogen-bond donors (Lipinski definition) is 3. The van der Waals surface area contributed by atoms with Crippen LogP contribution in [0.3, 0.4) is 0 Å². The van der Waals surface area contributed by atoms with Crippen molar-refractivity contribution in [3.8, 4) is 5.75 Å². The van der Waals surface area contributed by atoms with Crippen molar-refractivity contribution < 1.29 is 14.3 Å². The molecule has 1 unspecified atom stereocenters. The summed E-state index contributed by atoms with van der Waals surface area (Å²) in [5.74, 6) is 0.103. The molecule has 1 aromatic carbocycles. The minimum Gasteiger partial charge on any atom is -0.493 e. The number of benzene rings is 1. The number of anilines is 1. The van der Waals surface area contributed by atoms with Crippen LogP contribution in [-0.4, -0.2) is 25.0 Å². The molecule has 0 aromatic heterocycles. The van der Waals surface area contributed by atoms with Crippen LogP contribution in [0.5, 0.6) is 5.75 Å². The Kier molecular flexibility index (Phi) is 6.68. The van der Waals surface area contributed by atoms with E-state index in [0.29, 0.717) is 18.0 Å². The fourth-order valence-electron chi connectivity index (χ4n) is 1.82. The summed E-state index contributed by atoms with van der Waals surface area (Å²) in [7, 11) is 0. The number of ether oxygens (including phenoxy) is 1. The maximum atomic E-state index is 12.0. The maximum Gasteiger partial charge on any atom is 0.229 e. The molecule has 6 heteroatoms. The maximum absolute atomic E-state index is 12.0. The number of hydrogen-bond acceptors (Lipinski definition) is 4. The van der Waals surface area contributed by atoms with Crippen LogP contribution in [0, 0.1) is 11.8 Å². The first-order valence-corrected chi connectivity index (χ1v) is 6.96.